The average molecular weight is 621 g/mol. The van der Waals surface area contributed by atoms with E-state index in [9.17, 15) is 31.1 Å². The molecular formula is C27H38F6N8O2. The van der Waals surface area contributed by atoms with Crippen LogP contribution in [0, 0.1) is 0 Å². The molecule has 1 N–H and O–H groups in total. The highest BCUT2D eigenvalue weighted by Crippen LogP contribution is 2.30. The van der Waals surface area contributed by atoms with Crippen LogP contribution < -0.4 is 15.1 Å². The number of rotatable bonds is 4. The first kappa shape index (κ1) is 34.1. The molecule has 0 bridgehead atoms. The summed E-state index contributed by atoms with van der Waals surface area (Å²) < 4.78 is 80.1. The van der Waals surface area contributed by atoms with Crippen LogP contribution >= 0.6 is 0 Å². The normalized spacial score (nSPS) is 17.3. The van der Waals surface area contributed by atoms with Crippen molar-refractivity contribution in [1.82, 2.24) is 30.2 Å². The van der Waals surface area contributed by atoms with Crippen molar-refractivity contribution in [2.45, 2.75) is 76.5 Å². The van der Waals surface area contributed by atoms with Crippen molar-refractivity contribution in [3.8, 4) is 0 Å². The average Bonchev–Trinajstić information content (AvgIpc) is 2.95. The summed E-state index contributed by atoms with van der Waals surface area (Å²) in [5, 5.41) is 3.19. The minimum absolute atomic E-state index is 0.0144. The fourth-order valence-corrected chi connectivity index (χ4v) is 4.57. The summed E-state index contributed by atoms with van der Waals surface area (Å²) in [6.45, 7) is 8.07. The van der Waals surface area contributed by atoms with Crippen molar-refractivity contribution in [2.24, 2.45) is 0 Å². The summed E-state index contributed by atoms with van der Waals surface area (Å²) in [6.07, 6.45) is -2.71. The van der Waals surface area contributed by atoms with Gasteiger partial charge in [-0.2, -0.15) is 26.3 Å². The van der Waals surface area contributed by atoms with Gasteiger partial charge in [0.1, 0.15) is 5.60 Å². The molecule has 0 aliphatic carbocycles. The monoisotopic (exact) mass is 620 g/mol. The van der Waals surface area contributed by atoms with E-state index in [1.54, 1.807) is 11.9 Å². The highest BCUT2D eigenvalue weighted by atomic mass is 19.4. The minimum Gasteiger partial charge on any atom is -0.444 e. The third-order valence-corrected chi connectivity index (χ3v) is 7.09. The number of hydrogen-bond acceptors (Lipinski definition) is 9. The van der Waals surface area contributed by atoms with Crippen LogP contribution in [0.15, 0.2) is 24.8 Å². The molecule has 4 rings (SSSR count). The molecule has 0 radical (unpaired) electrons. The summed E-state index contributed by atoms with van der Waals surface area (Å²) in [4.78, 5) is 32.6. The molecule has 16 heteroatoms. The van der Waals surface area contributed by atoms with Crippen LogP contribution in [0.4, 0.5) is 43.0 Å². The second-order valence-corrected chi connectivity index (χ2v) is 11.4. The molecule has 2 fully saturated rings. The fourth-order valence-electron chi connectivity index (χ4n) is 4.57. The van der Waals surface area contributed by atoms with E-state index in [1.807, 2.05) is 37.6 Å². The maximum absolute atomic E-state index is 12.6. The second-order valence-electron chi connectivity index (χ2n) is 11.4. The molecule has 10 nitrogen and oxygen atoms in total. The Morgan fingerprint density at radius 3 is 1.49 bits per heavy atom. The van der Waals surface area contributed by atoms with E-state index in [2.05, 4.69) is 25.3 Å². The molecule has 0 spiro atoms. The van der Waals surface area contributed by atoms with Gasteiger partial charge in [-0.05, 0) is 53.5 Å². The Morgan fingerprint density at radius 1 is 0.791 bits per heavy atom. The van der Waals surface area contributed by atoms with Gasteiger partial charge in [-0.15, -0.1) is 0 Å². The molecule has 0 atom stereocenters. The zero-order chi connectivity index (χ0) is 32.0. The van der Waals surface area contributed by atoms with E-state index in [-0.39, 0.29) is 18.1 Å². The lowest BCUT2D eigenvalue weighted by atomic mass is 10.0. The van der Waals surface area contributed by atoms with Crippen LogP contribution in [0.1, 0.15) is 57.6 Å². The third-order valence-electron chi connectivity index (χ3n) is 7.09. The highest BCUT2D eigenvalue weighted by Gasteiger charge is 2.33. The first-order chi connectivity index (χ1) is 20.0. The number of amides is 1. The summed E-state index contributed by atoms with van der Waals surface area (Å²) >= 11 is 0. The highest BCUT2D eigenvalue weighted by molar-refractivity contribution is 5.68. The van der Waals surface area contributed by atoms with Crippen LogP contribution in [0.5, 0.6) is 0 Å². The van der Waals surface area contributed by atoms with E-state index in [0.29, 0.717) is 37.9 Å². The Morgan fingerprint density at radius 2 is 1.16 bits per heavy atom. The van der Waals surface area contributed by atoms with Gasteiger partial charge in [0.2, 0.25) is 11.9 Å². The number of anilines is 2. The molecule has 240 valence electrons. The van der Waals surface area contributed by atoms with Crippen molar-refractivity contribution in [1.29, 1.82) is 0 Å². The van der Waals surface area contributed by atoms with Gasteiger partial charge in [0, 0.05) is 70.1 Å². The number of carbonyl (C=O) groups is 1. The Balaban J connectivity index is 0.000000248. The number of nitrogens with one attached hydrogen (secondary N) is 1. The summed E-state index contributed by atoms with van der Waals surface area (Å²) in [6, 6.07) is 0.483. The number of aromatic nitrogens is 4. The third kappa shape index (κ3) is 10.1. The van der Waals surface area contributed by atoms with Crippen molar-refractivity contribution < 1.29 is 35.9 Å². The van der Waals surface area contributed by atoms with Crippen LogP contribution in [0.25, 0.3) is 0 Å². The topological polar surface area (TPSA) is 99.6 Å². The molecule has 43 heavy (non-hydrogen) atoms. The van der Waals surface area contributed by atoms with E-state index in [1.165, 1.54) is 0 Å². The zero-order valence-corrected chi connectivity index (χ0v) is 24.8. The van der Waals surface area contributed by atoms with Gasteiger partial charge in [-0.3, -0.25) is 0 Å². The van der Waals surface area contributed by atoms with Crippen LogP contribution in [-0.2, 0) is 17.1 Å². The number of hydrogen-bond donors (Lipinski definition) is 1. The predicted molar refractivity (Wildman–Crippen MR) is 148 cm³/mol. The predicted octanol–water partition coefficient (Wildman–Crippen LogP) is 5.01. The quantitative estimate of drug-likeness (QED) is 0.473. The Bertz CT molecular complexity index is 1160. The number of halogens is 6. The van der Waals surface area contributed by atoms with Crippen molar-refractivity contribution in [3.05, 3.63) is 35.9 Å². The summed E-state index contributed by atoms with van der Waals surface area (Å²) in [5.41, 5.74) is -2.23. The first-order valence-electron chi connectivity index (χ1n) is 13.9. The maximum Gasteiger partial charge on any atom is 0.419 e. The SMILES string of the molecule is CN(C(=O)OC(C)(C)C)C1CCN(c2ncc(C(F)(F)F)cn2)CC1.CNC1CCN(c2ncc(C(F)(F)F)cn2)CC1. The van der Waals surface area contributed by atoms with Crippen molar-refractivity contribution in [3.63, 3.8) is 0 Å². The van der Waals surface area contributed by atoms with Crippen LogP contribution in [-0.4, -0.2) is 88.9 Å². The smallest absolute Gasteiger partial charge is 0.419 e. The van der Waals surface area contributed by atoms with Crippen molar-refractivity contribution >= 4 is 18.0 Å². The Kier molecular flexibility index (Phi) is 11.0. The standard InChI is InChI=1S/C16H23F3N4O2.C11H15F3N4/c1-15(2,3)25-14(24)22(4)12-5-7-23(8-6-12)13-20-9-11(10-21-13)16(17,18)19;1-15-9-2-4-18(5-3-9)10-16-6-8(7-17-10)11(12,13)14/h9-10,12H,5-8H2,1-4H3;6-7,9,15H,2-5H2,1H3. The van der Waals surface area contributed by atoms with Gasteiger partial charge in [-0.25, -0.2) is 24.7 Å². The molecule has 2 aliphatic rings. The van der Waals surface area contributed by atoms with Gasteiger partial charge >= 0.3 is 18.4 Å². The lowest BCUT2D eigenvalue weighted by molar-refractivity contribution is -0.138. The second kappa shape index (κ2) is 13.9. The van der Waals surface area contributed by atoms with Crippen LogP contribution in [0.2, 0.25) is 0 Å². The number of ether oxygens (including phenoxy) is 1. The molecule has 4 heterocycles. The molecule has 0 unspecified atom stereocenters. The van der Waals surface area contributed by atoms with Gasteiger partial charge in [0.15, 0.2) is 0 Å². The molecule has 1 amide bonds. The molecule has 2 saturated heterocycles. The zero-order valence-electron chi connectivity index (χ0n) is 24.8. The number of piperidine rings is 2. The molecule has 2 aromatic heterocycles. The summed E-state index contributed by atoms with van der Waals surface area (Å²) in [7, 11) is 3.61. The van der Waals surface area contributed by atoms with E-state index < -0.39 is 29.1 Å². The van der Waals surface area contributed by atoms with Gasteiger partial charge < -0.3 is 24.8 Å². The maximum atomic E-state index is 12.6. The van der Waals surface area contributed by atoms with Crippen LogP contribution in [0.3, 0.4) is 0 Å². The minimum atomic E-state index is -4.44. The van der Waals surface area contributed by atoms with Gasteiger partial charge in [-0.1, -0.05) is 0 Å². The number of alkyl halides is 6. The Labute approximate surface area is 246 Å². The van der Waals surface area contributed by atoms with Gasteiger partial charge in [0.25, 0.3) is 0 Å². The first-order valence-corrected chi connectivity index (χ1v) is 13.9. The number of carbonyl (C=O) groups excluding carboxylic acids is 1. The van der Waals surface area contributed by atoms with E-state index >= 15 is 0 Å². The Hall–Kier alpha value is -3.43. The van der Waals surface area contributed by atoms with Gasteiger partial charge in [0.05, 0.1) is 11.1 Å². The largest absolute Gasteiger partial charge is 0.444 e. The molecule has 2 aromatic rings. The molecule has 2 aliphatic heterocycles. The van der Waals surface area contributed by atoms with E-state index in [4.69, 9.17) is 4.74 Å². The fraction of sp³-hybridized carbons (Fsp3) is 0.667. The molecule has 0 aromatic carbocycles. The lowest BCUT2D eigenvalue weighted by Crippen LogP contribution is -2.47. The lowest BCUT2D eigenvalue weighted by Gasteiger charge is -2.37. The molecule has 0 saturated carbocycles. The summed E-state index contributed by atoms with van der Waals surface area (Å²) in [5.74, 6) is 0.643. The van der Waals surface area contributed by atoms with Crippen molar-refractivity contribution in [2.75, 3.05) is 50.1 Å². The van der Waals surface area contributed by atoms with E-state index in [0.717, 1.165) is 50.7 Å². The molecular weight excluding hydrogens is 582 g/mol. The number of nitrogens with zero attached hydrogens (tertiary/aromatic N) is 7.